The molecule has 0 radical (unpaired) electrons. The molecule has 2 heterocycles. The van der Waals surface area contributed by atoms with Crippen LogP contribution < -0.4 is 10.2 Å². The van der Waals surface area contributed by atoms with Crippen molar-refractivity contribution in [2.75, 3.05) is 50.7 Å². The van der Waals surface area contributed by atoms with Gasteiger partial charge in [-0.1, -0.05) is 20.8 Å². The Kier molecular flexibility index (Phi) is 5.31. The molecule has 20 heavy (non-hydrogen) atoms. The van der Waals surface area contributed by atoms with Crippen LogP contribution in [0.15, 0.2) is 18.5 Å². The smallest absolute Gasteiger partial charge is 0.225 e. The Labute approximate surface area is 122 Å². The molecule has 1 fully saturated rings. The molecule has 1 N–H and O–H groups in total. The predicted octanol–water partition coefficient (Wildman–Crippen LogP) is 1.23. The molecule has 0 aliphatic carbocycles. The lowest BCUT2D eigenvalue weighted by Crippen LogP contribution is -2.50. The molecule has 2 rings (SSSR count). The first-order chi connectivity index (χ1) is 9.61. The van der Waals surface area contributed by atoms with Crippen molar-refractivity contribution in [3.63, 3.8) is 0 Å². The minimum atomic E-state index is 0.321. The Balaban J connectivity index is 1.79. The van der Waals surface area contributed by atoms with Crippen molar-refractivity contribution in [1.82, 2.24) is 20.2 Å². The van der Waals surface area contributed by atoms with Crippen LogP contribution in [0.4, 0.5) is 5.95 Å². The Bertz CT molecular complexity index is 385. The summed E-state index contributed by atoms with van der Waals surface area (Å²) < 4.78 is 0. The number of piperazine rings is 1. The first-order valence-corrected chi connectivity index (χ1v) is 7.56. The molecule has 5 heteroatoms. The van der Waals surface area contributed by atoms with Gasteiger partial charge in [0.05, 0.1) is 0 Å². The number of nitrogens with zero attached hydrogens (tertiary/aromatic N) is 4. The molecule has 1 saturated heterocycles. The Hall–Kier alpha value is -1.20. The van der Waals surface area contributed by atoms with E-state index >= 15 is 0 Å². The SMILES string of the molecule is CCNCC(C)(C)CN1CCN(c2ncccn2)CC1. The van der Waals surface area contributed by atoms with Crippen LogP contribution in [0.25, 0.3) is 0 Å². The average molecular weight is 277 g/mol. The highest BCUT2D eigenvalue weighted by Gasteiger charge is 2.25. The quantitative estimate of drug-likeness (QED) is 0.847. The van der Waals surface area contributed by atoms with E-state index in [0.29, 0.717) is 5.41 Å². The number of aromatic nitrogens is 2. The Morgan fingerprint density at radius 3 is 2.40 bits per heavy atom. The third-order valence-electron chi connectivity index (χ3n) is 3.71. The van der Waals surface area contributed by atoms with Gasteiger partial charge in [0.15, 0.2) is 0 Å². The van der Waals surface area contributed by atoms with E-state index < -0.39 is 0 Å². The van der Waals surface area contributed by atoms with E-state index in [4.69, 9.17) is 0 Å². The van der Waals surface area contributed by atoms with Gasteiger partial charge < -0.3 is 10.2 Å². The van der Waals surface area contributed by atoms with Crippen LogP contribution in [0, 0.1) is 5.41 Å². The number of rotatable bonds is 6. The Morgan fingerprint density at radius 2 is 1.80 bits per heavy atom. The van der Waals surface area contributed by atoms with E-state index in [2.05, 4.69) is 45.9 Å². The van der Waals surface area contributed by atoms with Gasteiger partial charge in [-0.3, -0.25) is 4.90 Å². The fourth-order valence-electron chi connectivity index (χ4n) is 2.69. The second-order valence-electron chi connectivity index (χ2n) is 6.26. The molecule has 1 aromatic rings. The normalized spacial score (nSPS) is 17.4. The second-order valence-corrected chi connectivity index (χ2v) is 6.26. The summed E-state index contributed by atoms with van der Waals surface area (Å²) in [5, 5.41) is 3.46. The lowest BCUT2D eigenvalue weighted by Gasteiger charge is -2.39. The van der Waals surface area contributed by atoms with Crippen LogP contribution in [0.2, 0.25) is 0 Å². The highest BCUT2D eigenvalue weighted by molar-refractivity contribution is 5.29. The van der Waals surface area contributed by atoms with Gasteiger partial charge in [0.1, 0.15) is 0 Å². The second kappa shape index (κ2) is 6.99. The summed E-state index contributed by atoms with van der Waals surface area (Å²) in [6, 6.07) is 1.86. The van der Waals surface area contributed by atoms with E-state index in [1.807, 2.05) is 18.5 Å². The molecule has 0 saturated carbocycles. The minimum absolute atomic E-state index is 0.321. The number of hydrogen-bond donors (Lipinski definition) is 1. The van der Waals surface area contributed by atoms with Crippen LogP contribution in [0.1, 0.15) is 20.8 Å². The van der Waals surface area contributed by atoms with Gasteiger partial charge in [-0.05, 0) is 18.0 Å². The molecular formula is C15H27N5. The molecule has 1 aliphatic rings. The average Bonchev–Trinajstić information content (AvgIpc) is 2.46. The van der Waals surface area contributed by atoms with Crippen molar-refractivity contribution in [2.24, 2.45) is 5.41 Å². The zero-order valence-corrected chi connectivity index (χ0v) is 13.0. The van der Waals surface area contributed by atoms with Gasteiger partial charge >= 0.3 is 0 Å². The standard InChI is InChI=1S/C15H27N5/c1-4-16-12-15(2,3)13-19-8-10-20(11-9-19)14-17-6-5-7-18-14/h5-7,16H,4,8-13H2,1-3H3. The largest absolute Gasteiger partial charge is 0.338 e. The predicted molar refractivity (Wildman–Crippen MR) is 83.0 cm³/mol. The lowest BCUT2D eigenvalue weighted by atomic mass is 9.92. The number of anilines is 1. The topological polar surface area (TPSA) is 44.3 Å². The maximum Gasteiger partial charge on any atom is 0.225 e. The molecule has 5 nitrogen and oxygen atoms in total. The zero-order chi connectivity index (χ0) is 14.4. The maximum atomic E-state index is 4.33. The van der Waals surface area contributed by atoms with E-state index in [9.17, 15) is 0 Å². The third-order valence-corrected chi connectivity index (χ3v) is 3.71. The fraction of sp³-hybridized carbons (Fsp3) is 0.733. The van der Waals surface area contributed by atoms with Crippen molar-refractivity contribution in [3.8, 4) is 0 Å². The molecule has 0 atom stereocenters. The molecule has 0 spiro atoms. The van der Waals surface area contributed by atoms with Crippen LogP contribution in [-0.4, -0.2) is 60.7 Å². The molecule has 112 valence electrons. The Morgan fingerprint density at radius 1 is 1.15 bits per heavy atom. The van der Waals surface area contributed by atoms with Crippen LogP contribution in [0.5, 0.6) is 0 Å². The molecule has 0 unspecified atom stereocenters. The molecule has 1 aliphatic heterocycles. The van der Waals surface area contributed by atoms with Gasteiger partial charge in [0.25, 0.3) is 0 Å². The summed E-state index contributed by atoms with van der Waals surface area (Å²) in [5.74, 6) is 0.860. The molecule has 0 aromatic carbocycles. The summed E-state index contributed by atoms with van der Waals surface area (Å²) in [6.07, 6.45) is 3.63. The van der Waals surface area contributed by atoms with Gasteiger partial charge in [-0.2, -0.15) is 0 Å². The van der Waals surface area contributed by atoms with E-state index in [-0.39, 0.29) is 0 Å². The molecular weight excluding hydrogens is 250 g/mol. The van der Waals surface area contributed by atoms with Crippen LogP contribution >= 0.6 is 0 Å². The monoisotopic (exact) mass is 277 g/mol. The molecule has 1 aromatic heterocycles. The lowest BCUT2D eigenvalue weighted by molar-refractivity contribution is 0.167. The highest BCUT2D eigenvalue weighted by atomic mass is 15.3. The molecule has 0 bridgehead atoms. The first kappa shape index (κ1) is 15.2. The van der Waals surface area contributed by atoms with Gasteiger partial charge in [0, 0.05) is 51.7 Å². The summed E-state index contributed by atoms with van der Waals surface area (Å²) in [6.45, 7) is 14.3. The number of hydrogen-bond acceptors (Lipinski definition) is 5. The van der Waals surface area contributed by atoms with Crippen molar-refractivity contribution in [2.45, 2.75) is 20.8 Å². The molecule has 0 amide bonds. The van der Waals surface area contributed by atoms with Gasteiger partial charge in [-0.25, -0.2) is 9.97 Å². The van der Waals surface area contributed by atoms with Crippen molar-refractivity contribution >= 4 is 5.95 Å². The summed E-state index contributed by atoms with van der Waals surface area (Å²) in [7, 11) is 0. The van der Waals surface area contributed by atoms with E-state index in [1.165, 1.54) is 0 Å². The minimum Gasteiger partial charge on any atom is -0.338 e. The highest BCUT2D eigenvalue weighted by Crippen LogP contribution is 2.18. The van der Waals surface area contributed by atoms with Gasteiger partial charge in [0.2, 0.25) is 5.95 Å². The summed E-state index contributed by atoms with van der Waals surface area (Å²) in [5.41, 5.74) is 0.321. The zero-order valence-electron chi connectivity index (χ0n) is 13.0. The summed E-state index contributed by atoms with van der Waals surface area (Å²) in [4.78, 5) is 13.5. The van der Waals surface area contributed by atoms with E-state index in [1.54, 1.807) is 0 Å². The van der Waals surface area contributed by atoms with Crippen molar-refractivity contribution in [1.29, 1.82) is 0 Å². The maximum absolute atomic E-state index is 4.33. The van der Waals surface area contributed by atoms with E-state index in [0.717, 1.165) is 51.8 Å². The first-order valence-electron chi connectivity index (χ1n) is 7.56. The summed E-state index contributed by atoms with van der Waals surface area (Å²) >= 11 is 0. The van der Waals surface area contributed by atoms with Crippen molar-refractivity contribution in [3.05, 3.63) is 18.5 Å². The van der Waals surface area contributed by atoms with Crippen LogP contribution in [0.3, 0.4) is 0 Å². The fourth-order valence-corrected chi connectivity index (χ4v) is 2.69. The van der Waals surface area contributed by atoms with Gasteiger partial charge in [-0.15, -0.1) is 0 Å². The van der Waals surface area contributed by atoms with Crippen LogP contribution in [-0.2, 0) is 0 Å². The number of nitrogens with one attached hydrogen (secondary N) is 1. The third kappa shape index (κ3) is 4.42. The van der Waals surface area contributed by atoms with Crippen molar-refractivity contribution < 1.29 is 0 Å².